The molecule has 7 heteroatoms. The van der Waals surface area contributed by atoms with Crippen molar-refractivity contribution < 1.29 is 18.0 Å². The van der Waals surface area contributed by atoms with Gasteiger partial charge in [0.25, 0.3) is 5.91 Å². The predicted molar refractivity (Wildman–Crippen MR) is 100 cm³/mol. The smallest absolute Gasteiger partial charge is 0.351 e. The van der Waals surface area contributed by atoms with Crippen LogP contribution >= 0.6 is 0 Å². The number of rotatable bonds is 4. The number of fused-ring (bicyclic) bond motifs is 2. The fraction of sp³-hybridized carbons (Fsp3) is 0.333. The van der Waals surface area contributed by atoms with Crippen molar-refractivity contribution in [1.82, 2.24) is 14.9 Å². The van der Waals surface area contributed by atoms with Gasteiger partial charge in [-0.2, -0.15) is 13.2 Å². The highest BCUT2D eigenvalue weighted by atomic mass is 19.4. The molecule has 146 valence electrons. The van der Waals surface area contributed by atoms with Gasteiger partial charge in [-0.05, 0) is 49.6 Å². The Morgan fingerprint density at radius 1 is 1.25 bits per heavy atom. The minimum Gasteiger partial charge on any atom is -0.351 e. The number of carbonyl (C=O) groups excluding carboxylic acids is 1. The second-order valence-corrected chi connectivity index (χ2v) is 7.41. The van der Waals surface area contributed by atoms with E-state index in [1.807, 2.05) is 12.1 Å². The highest BCUT2D eigenvalue weighted by Gasteiger charge is 2.38. The van der Waals surface area contributed by atoms with Crippen molar-refractivity contribution in [2.75, 3.05) is 6.54 Å². The highest BCUT2D eigenvalue weighted by Crippen LogP contribution is 2.35. The van der Waals surface area contributed by atoms with Crippen molar-refractivity contribution in [3.63, 3.8) is 0 Å². The molecule has 0 fully saturated rings. The van der Waals surface area contributed by atoms with Gasteiger partial charge in [0.05, 0.1) is 11.0 Å². The number of benzene rings is 2. The van der Waals surface area contributed by atoms with Crippen LogP contribution in [0.15, 0.2) is 42.5 Å². The molecule has 0 bridgehead atoms. The third-order valence-electron chi connectivity index (χ3n) is 5.19. The molecule has 1 heterocycles. The van der Waals surface area contributed by atoms with Crippen LogP contribution in [0.4, 0.5) is 13.2 Å². The first-order valence-corrected chi connectivity index (χ1v) is 9.21. The summed E-state index contributed by atoms with van der Waals surface area (Å²) >= 11 is 0. The SMILES string of the molecule is CC(C)n1c(C(F)(F)F)nc2cc(C(=O)NC[C@H]3Cc4ccccc43)ccc21. The van der Waals surface area contributed by atoms with Crippen LogP contribution in [0.25, 0.3) is 11.0 Å². The molecule has 1 atom stereocenters. The van der Waals surface area contributed by atoms with Crippen LogP contribution in [0.5, 0.6) is 0 Å². The maximum atomic E-state index is 13.3. The van der Waals surface area contributed by atoms with Crippen molar-refractivity contribution >= 4 is 16.9 Å². The van der Waals surface area contributed by atoms with Gasteiger partial charge in [0, 0.05) is 24.1 Å². The quantitative estimate of drug-likeness (QED) is 0.705. The molecule has 0 radical (unpaired) electrons. The third-order valence-corrected chi connectivity index (χ3v) is 5.19. The lowest BCUT2D eigenvalue weighted by atomic mass is 9.77. The summed E-state index contributed by atoms with van der Waals surface area (Å²) in [5.74, 6) is -0.971. The fourth-order valence-corrected chi connectivity index (χ4v) is 3.83. The number of hydrogen-bond acceptors (Lipinski definition) is 2. The molecular formula is C21H20F3N3O. The van der Waals surface area contributed by atoms with Crippen LogP contribution in [0.3, 0.4) is 0 Å². The number of nitrogens with zero attached hydrogens (tertiary/aromatic N) is 2. The predicted octanol–water partition coefficient (Wildman–Crippen LogP) is 4.71. The standard InChI is InChI=1S/C21H20F3N3O/c1-12(2)27-18-8-7-14(10-17(18)26-20(27)21(22,23)24)19(28)25-11-15-9-13-5-3-4-6-16(13)15/h3-8,10,12,15H,9,11H2,1-2H3,(H,25,28)/t15-/m1/s1. The number of imidazole rings is 1. The first-order valence-electron chi connectivity index (χ1n) is 9.21. The second-order valence-electron chi connectivity index (χ2n) is 7.41. The van der Waals surface area contributed by atoms with Crippen LogP contribution in [0.1, 0.15) is 53.1 Å². The molecule has 2 aromatic carbocycles. The van der Waals surface area contributed by atoms with E-state index in [2.05, 4.69) is 22.4 Å². The molecule has 4 rings (SSSR count). The van der Waals surface area contributed by atoms with E-state index < -0.39 is 18.0 Å². The summed E-state index contributed by atoms with van der Waals surface area (Å²) in [6.45, 7) is 3.85. The molecule has 4 nitrogen and oxygen atoms in total. The molecule has 0 saturated carbocycles. The number of nitrogens with one attached hydrogen (secondary N) is 1. The number of amides is 1. The first kappa shape index (κ1) is 18.5. The zero-order valence-electron chi connectivity index (χ0n) is 15.5. The Labute approximate surface area is 160 Å². The lowest BCUT2D eigenvalue weighted by Crippen LogP contribution is -2.33. The van der Waals surface area contributed by atoms with Gasteiger partial charge in [-0.3, -0.25) is 4.79 Å². The Bertz CT molecular complexity index is 1050. The van der Waals surface area contributed by atoms with Crippen molar-refractivity contribution in [1.29, 1.82) is 0 Å². The van der Waals surface area contributed by atoms with Gasteiger partial charge >= 0.3 is 6.18 Å². The Hall–Kier alpha value is -2.83. The van der Waals surface area contributed by atoms with Crippen LogP contribution in [-0.2, 0) is 12.6 Å². The van der Waals surface area contributed by atoms with Crippen LogP contribution < -0.4 is 5.32 Å². The molecular weight excluding hydrogens is 367 g/mol. The van der Waals surface area contributed by atoms with Gasteiger partial charge in [0.2, 0.25) is 5.82 Å². The Balaban J connectivity index is 1.55. The molecule has 0 saturated heterocycles. The van der Waals surface area contributed by atoms with E-state index >= 15 is 0 Å². The number of carbonyl (C=O) groups is 1. The van der Waals surface area contributed by atoms with E-state index in [0.29, 0.717) is 17.6 Å². The molecule has 1 aromatic heterocycles. The number of hydrogen-bond donors (Lipinski definition) is 1. The molecule has 0 spiro atoms. The van der Waals surface area contributed by atoms with Crippen molar-refractivity contribution in [2.24, 2.45) is 0 Å². The van der Waals surface area contributed by atoms with Gasteiger partial charge in [-0.1, -0.05) is 24.3 Å². The summed E-state index contributed by atoms with van der Waals surface area (Å²) in [6, 6.07) is 12.2. The molecule has 1 amide bonds. The number of aromatic nitrogens is 2. The second kappa shape index (κ2) is 6.65. The van der Waals surface area contributed by atoms with Gasteiger partial charge < -0.3 is 9.88 Å². The van der Waals surface area contributed by atoms with Crippen molar-refractivity contribution in [3.8, 4) is 0 Å². The average Bonchev–Trinajstić information content (AvgIpc) is 3.01. The van der Waals surface area contributed by atoms with Gasteiger partial charge in [-0.25, -0.2) is 4.98 Å². The van der Waals surface area contributed by atoms with Gasteiger partial charge in [0.15, 0.2) is 0 Å². The summed E-state index contributed by atoms with van der Waals surface area (Å²) in [4.78, 5) is 16.3. The summed E-state index contributed by atoms with van der Waals surface area (Å²) in [5, 5.41) is 2.89. The summed E-state index contributed by atoms with van der Waals surface area (Å²) in [7, 11) is 0. The molecule has 3 aromatic rings. The van der Waals surface area contributed by atoms with Gasteiger partial charge in [0.1, 0.15) is 0 Å². The zero-order chi connectivity index (χ0) is 20.1. The third kappa shape index (κ3) is 3.15. The maximum absolute atomic E-state index is 13.3. The minimum absolute atomic E-state index is 0.169. The monoisotopic (exact) mass is 387 g/mol. The van der Waals surface area contributed by atoms with Crippen LogP contribution in [0.2, 0.25) is 0 Å². The van der Waals surface area contributed by atoms with E-state index in [1.54, 1.807) is 19.9 Å². The van der Waals surface area contributed by atoms with E-state index in [9.17, 15) is 18.0 Å². The largest absolute Gasteiger partial charge is 0.449 e. The molecule has 0 aliphatic heterocycles. The van der Waals surface area contributed by atoms with Crippen molar-refractivity contribution in [2.45, 2.75) is 38.4 Å². The number of alkyl halides is 3. The molecule has 28 heavy (non-hydrogen) atoms. The highest BCUT2D eigenvalue weighted by molar-refractivity contribution is 5.97. The van der Waals surface area contributed by atoms with Crippen LogP contribution in [-0.4, -0.2) is 22.0 Å². The van der Waals surface area contributed by atoms with Crippen LogP contribution in [0, 0.1) is 0 Å². The molecule has 1 N–H and O–H groups in total. The van der Waals surface area contributed by atoms with E-state index in [4.69, 9.17) is 0 Å². The van der Waals surface area contributed by atoms with E-state index in [0.717, 1.165) is 11.0 Å². The van der Waals surface area contributed by atoms with Gasteiger partial charge in [-0.15, -0.1) is 0 Å². The normalized spacial score (nSPS) is 16.1. The Morgan fingerprint density at radius 2 is 2.00 bits per heavy atom. The lowest BCUT2D eigenvalue weighted by molar-refractivity contribution is -0.147. The van der Waals surface area contributed by atoms with Crippen molar-refractivity contribution in [3.05, 3.63) is 65.0 Å². The molecule has 1 aliphatic rings. The molecule has 1 aliphatic carbocycles. The topological polar surface area (TPSA) is 46.9 Å². The fourth-order valence-electron chi connectivity index (χ4n) is 3.83. The summed E-state index contributed by atoms with van der Waals surface area (Å²) in [6.07, 6.45) is -3.63. The Morgan fingerprint density at radius 3 is 2.68 bits per heavy atom. The minimum atomic E-state index is -4.55. The zero-order valence-corrected chi connectivity index (χ0v) is 15.5. The Kier molecular flexibility index (Phi) is 4.40. The molecule has 0 unspecified atom stereocenters. The summed E-state index contributed by atoms with van der Waals surface area (Å²) in [5.41, 5.74) is 3.38. The number of halogens is 3. The summed E-state index contributed by atoms with van der Waals surface area (Å²) < 4.78 is 41.1. The van der Waals surface area contributed by atoms with E-state index in [-0.39, 0.29) is 17.3 Å². The lowest BCUT2D eigenvalue weighted by Gasteiger charge is -2.30. The van der Waals surface area contributed by atoms with E-state index in [1.165, 1.54) is 23.3 Å². The average molecular weight is 387 g/mol. The first-order chi connectivity index (χ1) is 13.3. The maximum Gasteiger partial charge on any atom is 0.449 e.